The van der Waals surface area contributed by atoms with E-state index in [1.165, 1.54) is 5.56 Å². The van der Waals surface area contributed by atoms with Crippen LogP contribution in [0.15, 0.2) is 18.2 Å². The van der Waals surface area contributed by atoms with E-state index in [-0.39, 0.29) is 22.7 Å². The number of nitrogens with one attached hydrogen (secondary N) is 1. The van der Waals surface area contributed by atoms with Crippen molar-refractivity contribution >= 4 is 24.6 Å². The van der Waals surface area contributed by atoms with E-state index < -0.39 is 7.12 Å². The van der Waals surface area contributed by atoms with Crippen molar-refractivity contribution in [3.05, 3.63) is 23.8 Å². The van der Waals surface area contributed by atoms with E-state index in [4.69, 9.17) is 14.0 Å². The van der Waals surface area contributed by atoms with Gasteiger partial charge in [0.15, 0.2) is 0 Å². The molecule has 0 radical (unpaired) electrons. The normalized spacial score (nSPS) is 28.6. The minimum absolute atomic E-state index is 0.149. The Hall–Kier alpha value is -1.37. The highest BCUT2D eigenvalue weighted by Crippen LogP contribution is 2.47. The first-order valence-corrected chi connectivity index (χ1v) is 9.09. The van der Waals surface area contributed by atoms with Gasteiger partial charge in [-0.25, -0.2) is 0 Å². The zero-order valence-electron chi connectivity index (χ0n) is 15.4. The van der Waals surface area contributed by atoms with Crippen molar-refractivity contribution in [3.8, 4) is 0 Å². The number of carbonyl (C=O) groups excluding carboxylic acids is 1. The van der Waals surface area contributed by atoms with Crippen molar-refractivity contribution in [2.24, 2.45) is 0 Å². The summed E-state index contributed by atoms with van der Waals surface area (Å²) in [6.45, 7) is 9.61. The minimum Gasteiger partial charge on any atom is -0.399 e. The maximum atomic E-state index is 11.7. The first-order chi connectivity index (χ1) is 11.8. The van der Waals surface area contributed by atoms with Crippen molar-refractivity contribution in [3.63, 3.8) is 0 Å². The van der Waals surface area contributed by atoms with Crippen LogP contribution in [0.1, 0.15) is 46.1 Å². The van der Waals surface area contributed by atoms with E-state index in [0.717, 1.165) is 30.3 Å². The van der Waals surface area contributed by atoms with E-state index in [1.807, 2.05) is 0 Å². The molecule has 0 saturated carbocycles. The fourth-order valence-electron chi connectivity index (χ4n) is 4.19. The summed E-state index contributed by atoms with van der Waals surface area (Å²) >= 11 is 0. The zero-order valence-corrected chi connectivity index (χ0v) is 15.4. The van der Waals surface area contributed by atoms with E-state index in [1.54, 1.807) is 0 Å². The molecule has 1 aromatic rings. The molecular weight excluding hydrogens is 317 g/mol. The second-order valence-electron chi connectivity index (χ2n) is 8.42. The van der Waals surface area contributed by atoms with Crippen LogP contribution in [-0.4, -0.2) is 43.9 Å². The van der Waals surface area contributed by atoms with Gasteiger partial charge in [0.1, 0.15) is 6.29 Å². The second kappa shape index (κ2) is 5.56. The zero-order chi connectivity index (χ0) is 17.9. The monoisotopic (exact) mass is 343 g/mol. The topological polar surface area (TPSA) is 56.8 Å². The van der Waals surface area contributed by atoms with E-state index in [9.17, 15) is 4.79 Å². The molecule has 1 unspecified atom stereocenters. The van der Waals surface area contributed by atoms with Crippen molar-refractivity contribution in [1.82, 2.24) is 0 Å². The van der Waals surface area contributed by atoms with Gasteiger partial charge in [-0.05, 0) is 57.6 Å². The average Bonchev–Trinajstić information content (AvgIpc) is 2.98. The van der Waals surface area contributed by atoms with Gasteiger partial charge in [-0.3, -0.25) is 0 Å². The summed E-state index contributed by atoms with van der Waals surface area (Å²) in [5.41, 5.74) is 2.34. The van der Waals surface area contributed by atoms with Gasteiger partial charge in [-0.15, -0.1) is 0 Å². The fraction of sp³-hybridized carbons (Fsp3) is 0.632. The van der Waals surface area contributed by atoms with Gasteiger partial charge < -0.3 is 24.2 Å². The lowest BCUT2D eigenvalue weighted by molar-refractivity contribution is -0.110. The number of fused-ring (bicyclic) bond motifs is 2. The molecule has 1 aromatic carbocycles. The van der Waals surface area contributed by atoms with Crippen LogP contribution in [0.3, 0.4) is 0 Å². The molecule has 0 aliphatic carbocycles. The van der Waals surface area contributed by atoms with Crippen molar-refractivity contribution in [2.75, 3.05) is 18.5 Å². The van der Waals surface area contributed by atoms with E-state index in [0.29, 0.717) is 13.2 Å². The number of carbonyl (C=O) groups is 1. The van der Waals surface area contributed by atoms with Crippen LogP contribution in [-0.2, 0) is 24.3 Å². The Bertz CT molecular complexity index is 681. The first kappa shape index (κ1) is 17.1. The summed E-state index contributed by atoms with van der Waals surface area (Å²) in [7, 11) is -0.391. The highest BCUT2D eigenvalue weighted by Gasteiger charge is 2.53. The van der Waals surface area contributed by atoms with Gasteiger partial charge in [0.25, 0.3) is 0 Å². The molecule has 6 heteroatoms. The Morgan fingerprint density at radius 3 is 2.36 bits per heavy atom. The molecule has 0 aromatic heterocycles. The van der Waals surface area contributed by atoms with Crippen molar-refractivity contribution in [2.45, 2.75) is 63.2 Å². The number of anilines is 1. The summed E-state index contributed by atoms with van der Waals surface area (Å²) < 4.78 is 17.9. The maximum Gasteiger partial charge on any atom is 0.494 e. The van der Waals surface area contributed by atoms with Crippen LogP contribution in [0.2, 0.25) is 0 Å². The number of rotatable bonds is 2. The molecule has 2 fully saturated rings. The van der Waals surface area contributed by atoms with Gasteiger partial charge in [0.2, 0.25) is 0 Å². The molecule has 0 bridgehead atoms. The summed E-state index contributed by atoms with van der Waals surface area (Å²) in [5, 5.41) is 3.42. The number of ether oxygens (including phenoxy) is 1. The summed E-state index contributed by atoms with van der Waals surface area (Å²) in [6.07, 6.45) is 2.78. The Labute approximate surface area is 149 Å². The first-order valence-electron chi connectivity index (χ1n) is 9.09. The lowest BCUT2D eigenvalue weighted by atomic mass is 9.70. The summed E-state index contributed by atoms with van der Waals surface area (Å²) in [5.74, 6) is 0. The van der Waals surface area contributed by atoms with Crippen LogP contribution >= 0.6 is 0 Å². The lowest BCUT2D eigenvalue weighted by Crippen LogP contribution is -2.44. The molecule has 3 aliphatic rings. The lowest BCUT2D eigenvalue weighted by Gasteiger charge is -2.36. The molecule has 0 amide bonds. The second-order valence-corrected chi connectivity index (χ2v) is 8.42. The third-order valence-electron chi connectivity index (χ3n) is 6.53. The van der Waals surface area contributed by atoms with Crippen LogP contribution < -0.4 is 10.8 Å². The molecule has 3 heterocycles. The van der Waals surface area contributed by atoms with Gasteiger partial charge in [-0.1, -0.05) is 12.1 Å². The molecule has 1 spiro atoms. The molecular formula is C19H26BNO4. The molecule has 25 heavy (non-hydrogen) atoms. The third kappa shape index (κ3) is 2.46. The molecule has 2 saturated heterocycles. The van der Waals surface area contributed by atoms with E-state index >= 15 is 0 Å². The molecule has 1 atom stereocenters. The minimum atomic E-state index is -0.391. The molecule has 5 nitrogen and oxygen atoms in total. The third-order valence-corrected chi connectivity index (χ3v) is 6.53. The molecule has 3 aliphatic heterocycles. The quantitative estimate of drug-likeness (QED) is 0.658. The van der Waals surface area contributed by atoms with Gasteiger partial charge in [-0.2, -0.15) is 0 Å². The predicted molar refractivity (Wildman–Crippen MR) is 97.4 cm³/mol. The number of hydrogen-bond acceptors (Lipinski definition) is 5. The van der Waals surface area contributed by atoms with Gasteiger partial charge in [0.05, 0.1) is 17.2 Å². The van der Waals surface area contributed by atoms with Crippen molar-refractivity contribution in [1.29, 1.82) is 0 Å². The fourth-order valence-corrected chi connectivity index (χ4v) is 4.19. The SMILES string of the molecule is CC1(C)OB(c2ccc3c(c2)NC(C=O)C32CCOCC2)OC1(C)C. The number of benzene rings is 1. The van der Waals surface area contributed by atoms with Crippen LogP contribution in [0.25, 0.3) is 0 Å². The number of hydrogen-bond donors (Lipinski definition) is 1. The van der Waals surface area contributed by atoms with Crippen LogP contribution in [0.5, 0.6) is 0 Å². The smallest absolute Gasteiger partial charge is 0.399 e. The summed E-state index contributed by atoms with van der Waals surface area (Å²) in [6, 6.07) is 6.10. The van der Waals surface area contributed by atoms with Gasteiger partial charge in [0, 0.05) is 24.3 Å². The standard InChI is InChI=1S/C19H26BNO4/c1-17(2)18(3,4)25-20(24-17)13-5-6-14-15(11-13)21-16(12-22)19(14)7-9-23-10-8-19/h5-6,11-12,16,21H,7-10H2,1-4H3. The highest BCUT2D eigenvalue weighted by atomic mass is 16.7. The Balaban J connectivity index is 1.67. The Kier molecular flexibility index (Phi) is 3.80. The Morgan fingerprint density at radius 1 is 1.12 bits per heavy atom. The highest BCUT2D eigenvalue weighted by molar-refractivity contribution is 6.62. The predicted octanol–water partition coefficient (Wildman–Crippen LogP) is 2.03. The van der Waals surface area contributed by atoms with E-state index in [2.05, 4.69) is 51.2 Å². The van der Waals surface area contributed by atoms with Crippen LogP contribution in [0.4, 0.5) is 5.69 Å². The molecule has 1 N–H and O–H groups in total. The molecule has 134 valence electrons. The summed E-state index contributed by atoms with van der Waals surface area (Å²) in [4.78, 5) is 11.7. The average molecular weight is 343 g/mol. The van der Waals surface area contributed by atoms with Gasteiger partial charge >= 0.3 is 7.12 Å². The largest absolute Gasteiger partial charge is 0.494 e. The van der Waals surface area contributed by atoms with Crippen LogP contribution in [0, 0.1) is 0 Å². The van der Waals surface area contributed by atoms with Crippen molar-refractivity contribution < 1.29 is 18.8 Å². The Morgan fingerprint density at radius 2 is 1.76 bits per heavy atom. The number of aldehydes is 1. The maximum absolute atomic E-state index is 11.7. The molecule has 4 rings (SSSR count).